The van der Waals surface area contributed by atoms with Gasteiger partial charge in [0.2, 0.25) is 0 Å². The van der Waals surface area contributed by atoms with Crippen LogP contribution in [-0.2, 0) is 20.6 Å². The fourth-order valence-electron chi connectivity index (χ4n) is 2.98. The smallest absolute Gasteiger partial charge is 0.368 e. The minimum atomic E-state index is -5.44. The molecule has 1 aromatic rings. The van der Waals surface area contributed by atoms with Gasteiger partial charge >= 0.3 is 5.51 Å². The van der Waals surface area contributed by atoms with E-state index < -0.39 is 35.8 Å². The average molecular weight is 383 g/mol. The number of anilines is 1. The third kappa shape index (κ3) is 3.20. The van der Waals surface area contributed by atoms with Crippen LogP contribution < -0.4 is 4.90 Å². The van der Waals surface area contributed by atoms with Crippen LogP contribution in [-0.4, -0.2) is 41.7 Å². The monoisotopic (exact) mass is 383 g/mol. The van der Waals surface area contributed by atoms with Crippen LogP contribution in [0.5, 0.6) is 0 Å². The first-order chi connectivity index (χ1) is 11.1. The van der Waals surface area contributed by atoms with Gasteiger partial charge in [0.05, 0.1) is 15.3 Å². The highest BCUT2D eigenvalue weighted by molar-refractivity contribution is 7.92. The Bertz CT molecular complexity index is 728. The number of alkyl halides is 3. The molecule has 1 fully saturated rings. The Morgan fingerprint density at radius 2 is 1.79 bits per heavy atom. The van der Waals surface area contributed by atoms with Crippen molar-refractivity contribution in [2.24, 2.45) is 0 Å². The zero-order chi connectivity index (χ0) is 18.2. The summed E-state index contributed by atoms with van der Waals surface area (Å²) in [6.07, 6.45) is 1.22. The Kier molecular flexibility index (Phi) is 5.34. The molecule has 1 saturated heterocycles. The number of para-hydroxylation sites is 1. The summed E-state index contributed by atoms with van der Waals surface area (Å²) in [5, 5.41) is 0. The molecule has 1 aliphatic heterocycles. The van der Waals surface area contributed by atoms with Gasteiger partial charge in [-0.25, -0.2) is 8.42 Å². The molecule has 0 radical (unpaired) electrons. The molecular formula is C15H20F3NO3S2. The Hall–Kier alpha value is -1.09. The van der Waals surface area contributed by atoms with Crippen molar-refractivity contribution in [1.82, 2.24) is 0 Å². The molecule has 4 nitrogen and oxygen atoms in total. The SMILES string of the molecule is CCC1(CC)CN(c2ccccc2S(=O)(=O)C(F)(F)F)CCS1=O. The molecule has 0 aromatic heterocycles. The first-order valence-electron chi connectivity index (χ1n) is 7.63. The second kappa shape index (κ2) is 6.67. The molecular weight excluding hydrogens is 363 g/mol. The predicted octanol–water partition coefficient (Wildman–Crippen LogP) is 3.11. The van der Waals surface area contributed by atoms with Gasteiger partial charge in [0, 0.05) is 29.6 Å². The van der Waals surface area contributed by atoms with Gasteiger partial charge in [-0.05, 0) is 25.0 Å². The third-order valence-corrected chi connectivity index (χ3v) is 8.36. The summed E-state index contributed by atoms with van der Waals surface area (Å²) in [7, 11) is -6.53. The molecule has 1 aromatic carbocycles. The van der Waals surface area contributed by atoms with Crippen LogP contribution in [0.2, 0.25) is 0 Å². The van der Waals surface area contributed by atoms with E-state index in [2.05, 4.69) is 0 Å². The van der Waals surface area contributed by atoms with Crippen molar-refractivity contribution in [3.8, 4) is 0 Å². The Morgan fingerprint density at radius 3 is 2.33 bits per heavy atom. The Morgan fingerprint density at radius 1 is 1.21 bits per heavy atom. The highest BCUT2D eigenvalue weighted by atomic mass is 32.2. The summed E-state index contributed by atoms with van der Waals surface area (Å²) < 4.78 is 74.5. The van der Waals surface area contributed by atoms with Crippen LogP contribution in [0.25, 0.3) is 0 Å². The van der Waals surface area contributed by atoms with E-state index in [4.69, 9.17) is 0 Å². The summed E-state index contributed by atoms with van der Waals surface area (Å²) in [4.78, 5) is 0.874. The lowest BCUT2D eigenvalue weighted by Gasteiger charge is -2.42. The highest BCUT2D eigenvalue weighted by Crippen LogP contribution is 2.38. The van der Waals surface area contributed by atoms with E-state index in [1.807, 2.05) is 13.8 Å². The average Bonchev–Trinajstić information content (AvgIpc) is 2.54. The molecule has 0 spiro atoms. The fraction of sp³-hybridized carbons (Fsp3) is 0.600. The van der Waals surface area contributed by atoms with Gasteiger partial charge in [0.25, 0.3) is 9.84 Å². The lowest BCUT2D eigenvalue weighted by molar-refractivity contribution is -0.0435. The van der Waals surface area contributed by atoms with E-state index in [1.165, 1.54) is 18.2 Å². The van der Waals surface area contributed by atoms with Gasteiger partial charge in [0.1, 0.15) is 0 Å². The molecule has 2 rings (SSSR count). The zero-order valence-corrected chi connectivity index (χ0v) is 15.1. The van der Waals surface area contributed by atoms with Crippen molar-refractivity contribution >= 4 is 26.3 Å². The van der Waals surface area contributed by atoms with Crippen molar-refractivity contribution in [3.05, 3.63) is 24.3 Å². The van der Waals surface area contributed by atoms with E-state index in [9.17, 15) is 25.8 Å². The van der Waals surface area contributed by atoms with Gasteiger partial charge in [-0.15, -0.1) is 0 Å². The lowest BCUT2D eigenvalue weighted by Crippen LogP contribution is -2.53. The first kappa shape index (κ1) is 19.2. The van der Waals surface area contributed by atoms with Crippen LogP contribution in [0.1, 0.15) is 26.7 Å². The fourth-order valence-corrected chi connectivity index (χ4v) is 5.72. The van der Waals surface area contributed by atoms with Crippen LogP contribution in [0, 0.1) is 0 Å². The molecule has 0 N–H and O–H groups in total. The third-order valence-electron chi connectivity index (χ3n) is 4.60. The second-order valence-electron chi connectivity index (χ2n) is 5.78. The van der Waals surface area contributed by atoms with Crippen molar-refractivity contribution < 1.29 is 25.8 Å². The first-order valence-corrected chi connectivity index (χ1v) is 10.4. The largest absolute Gasteiger partial charge is 0.501 e. The topological polar surface area (TPSA) is 54.5 Å². The van der Waals surface area contributed by atoms with Gasteiger partial charge in [-0.3, -0.25) is 4.21 Å². The quantitative estimate of drug-likeness (QED) is 0.802. The Labute approximate surface area is 142 Å². The van der Waals surface area contributed by atoms with Crippen molar-refractivity contribution in [3.63, 3.8) is 0 Å². The number of halogens is 3. The maximum absolute atomic E-state index is 13.0. The summed E-state index contributed by atoms with van der Waals surface area (Å²) in [5.41, 5.74) is -5.33. The molecule has 9 heteroatoms. The van der Waals surface area contributed by atoms with E-state index in [0.717, 1.165) is 6.07 Å². The van der Waals surface area contributed by atoms with E-state index in [0.29, 0.717) is 18.6 Å². The van der Waals surface area contributed by atoms with E-state index in [1.54, 1.807) is 4.90 Å². The predicted molar refractivity (Wildman–Crippen MR) is 88.2 cm³/mol. The molecule has 1 heterocycles. The minimum Gasteiger partial charge on any atom is -0.368 e. The van der Waals surface area contributed by atoms with Crippen molar-refractivity contribution in [2.45, 2.75) is 41.8 Å². The second-order valence-corrected chi connectivity index (χ2v) is 9.65. The van der Waals surface area contributed by atoms with Gasteiger partial charge < -0.3 is 4.90 Å². The summed E-state index contributed by atoms with van der Waals surface area (Å²) in [5.74, 6) is 0.308. The number of hydrogen-bond acceptors (Lipinski definition) is 4. The van der Waals surface area contributed by atoms with Crippen LogP contribution in [0.3, 0.4) is 0 Å². The summed E-state index contributed by atoms with van der Waals surface area (Å²) >= 11 is 0. The molecule has 0 amide bonds. The maximum atomic E-state index is 13.0. The number of hydrogen-bond donors (Lipinski definition) is 0. The number of benzene rings is 1. The number of rotatable bonds is 4. The van der Waals surface area contributed by atoms with Crippen LogP contribution in [0.4, 0.5) is 18.9 Å². The molecule has 1 unspecified atom stereocenters. The normalized spacial score (nSPS) is 21.7. The zero-order valence-electron chi connectivity index (χ0n) is 13.5. The molecule has 24 heavy (non-hydrogen) atoms. The molecule has 136 valence electrons. The maximum Gasteiger partial charge on any atom is 0.501 e. The van der Waals surface area contributed by atoms with Crippen LogP contribution in [0.15, 0.2) is 29.2 Å². The van der Waals surface area contributed by atoms with E-state index >= 15 is 0 Å². The molecule has 1 atom stereocenters. The Balaban J connectivity index is 2.50. The van der Waals surface area contributed by atoms with Gasteiger partial charge in [-0.2, -0.15) is 13.2 Å². The molecule has 0 aliphatic carbocycles. The van der Waals surface area contributed by atoms with Crippen molar-refractivity contribution in [2.75, 3.05) is 23.7 Å². The number of nitrogens with zero attached hydrogens (tertiary/aromatic N) is 1. The summed E-state index contributed by atoms with van der Waals surface area (Å²) in [6, 6.07) is 5.14. The molecule has 1 aliphatic rings. The highest BCUT2D eigenvalue weighted by Gasteiger charge is 2.49. The van der Waals surface area contributed by atoms with Gasteiger partial charge in [0.15, 0.2) is 0 Å². The minimum absolute atomic E-state index is 0.0257. The lowest BCUT2D eigenvalue weighted by atomic mass is 10.0. The standard InChI is InChI=1S/C15H20F3NO3S2/c1-3-14(4-2)11-19(9-10-23(14)20)12-7-5-6-8-13(12)24(21,22)15(16,17)18/h5-8H,3-4,9-11H2,1-2H3. The summed E-state index contributed by atoms with van der Waals surface area (Å²) in [6.45, 7) is 4.32. The van der Waals surface area contributed by atoms with E-state index in [-0.39, 0.29) is 18.8 Å². The van der Waals surface area contributed by atoms with Gasteiger partial charge in [-0.1, -0.05) is 26.0 Å². The number of sulfone groups is 1. The van der Waals surface area contributed by atoms with Crippen LogP contribution >= 0.6 is 0 Å². The molecule has 0 bridgehead atoms. The molecule has 0 saturated carbocycles. The van der Waals surface area contributed by atoms with Crippen molar-refractivity contribution in [1.29, 1.82) is 0 Å².